The summed E-state index contributed by atoms with van der Waals surface area (Å²) in [5, 5.41) is 9.37. The molecule has 1 aliphatic heterocycles. The number of pyridine rings is 1. The maximum Gasteiger partial charge on any atom is 0.306 e. The van der Waals surface area contributed by atoms with Crippen LogP contribution in [0.15, 0.2) is 47.1 Å². The van der Waals surface area contributed by atoms with E-state index in [1.165, 1.54) is 11.3 Å². The lowest BCUT2D eigenvalue weighted by Crippen LogP contribution is -2.62. The molecular weight excluding hydrogens is 432 g/mol. The molecule has 3 N–H and O–H groups in total. The van der Waals surface area contributed by atoms with Crippen molar-refractivity contribution < 1.29 is 23.6 Å². The van der Waals surface area contributed by atoms with Gasteiger partial charge in [-0.05, 0) is 24.3 Å². The van der Waals surface area contributed by atoms with Crippen LogP contribution < -0.4 is 25.6 Å². The minimum atomic E-state index is -0.376. The molecule has 10 nitrogen and oxygen atoms in total. The van der Waals surface area contributed by atoms with Gasteiger partial charge in [0.2, 0.25) is 5.27 Å². The molecule has 0 spiro atoms. The van der Waals surface area contributed by atoms with Gasteiger partial charge in [-0.2, -0.15) is 0 Å². The molecule has 0 atom stereocenters. The first-order chi connectivity index (χ1) is 15.6. The van der Waals surface area contributed by atoms with Gasteiger partial charge in [0, 0.05) is 10.9 Å². The number of nitrogens with one attached hydrogen (secondary N) is 1. The number of hydrogen-bond donors (Lipinski definition) is 2. The largest absolute Gasteiger partial charge is 0.497 e. The molecule has 1 aromatic carbocycles. The standard InChI is InChI=1S/C21H20N6O4S/c1-29-14-4-2-3-13(11-14)16-6-5-15-18(22)19(32-21(15)23-16)20(28)24-17-12-27(25-31-17)26-7-9-30-10-8-26/h2-6,11-12H,7-10H2,1H3,(H2-,22,24,25,28)/p+1. The molecule has 1 aliphatic rings. The molecule has 5 rings (SSSR count). The number of benzene rings is 1. The van der Waals surface area contributed by atoms with Crippen molar-refractivity contribution >= 4 is 39.0 Å². The first-order valence-electron chi connectivity index (χ1n) is 9.99. The van der Waals surface area contributed by atoms with Crippen molar-refractivity contribution in [3.8, 4) is 17.0 Å². The van der Waals surface area contributed by atoms with Crippen LogP contribution >= 0.6 is 11.3 Å². The molecule has 3 aromatic heterocycles. The second-order valence-electron chi connectivity index (χ2n) is 7.13. The van der Waals surface area contributed by atoms with Gasteiger partial charge < -0.3 is 15.2 Å². The summed E-state index contributed by atoms with van der Waals surface area (Å²) in [6.45, 7) is 2.61. The Bertz CT molecular complexity index is 1280. The summed E-state index contributed by atoms with van der Waals surface area (Å²) < 4.78 is 15.9. The van der Waals surface area contributed by atoms with Crippen molar-refractivity contribution in [3.05, 3.63) is 47.5 Å². The Morgan fingerprint density at radius 2 is 2.12 bits per heavy atom. The molecule has 1 fully saturated rings. The Kier molecular flexibility index (Phi) is 5.33. The van der Waals surface area contributed by atoms with E-state index in [0.29, 0.717) is 41.7 Å². The quantitative estimate of drug-likeness (QED) is 0.441. The number of nitrogens with zero attached hydrogens (tertiary/aromatic N) is 4. The predicted octanol–water partition coefficient (Wildman–Crippen LogP) is 2.05. The van der Waals surface area contributed by atoms with Gasteiger partial charge in [-0.15, -0.1) is 16.3 Å². The van der Waals surface area contributed by atoms with Gasteiger partial charge in [-0.1, -0.05) is 12.1 Å². The minimum Gasteiger partial charge on any atom is -0.497 e. The first kappa shape index (κ1) is 20.2. The zero-order valence-electron chi connectivity index (χ0n) is 17.3. The minimum absolute atomic E-state index is 0.225. The van der Waals surface area contributed by atoms with Crippen LogP contribution in [-0.2, 0) is 4.74 Å². The summed E-state index contributed by atoms with van der Waals surface area (Å²) in [6.07, 6.45) is 1.62. The molecule has 0 unspecified atom stereocenters. The van der Waals surface area contributed by atoms with E-state index in [1.807, 2.05) is 41.4 Å². The first-order valence-corrected chi connectivity index (χ1v) is 10.8. The Morgan fingerprint density at radius 1 is 1.28 bits per heavy atom. The van der Waals surface area contributed by atoms with Crippen molar-refractivity contribution in [1.29, 1.82) is 0 Å². The maximum atomic E-state index is 12.9. The van der Waals surface area contributed by atoms with Gasteiger partial charge in [-0.25, -0.2) is 4.98 Å². The zero-order valence-corrected chi connectivity index (χ0v) is 18.1. The molecule has 1 saturated heterocycles. The molecule has 4 aromatic rings. The van der Waals surface area contributed by atoms with E-state index in [0.717, 1.165) is 22.4 Å². The van der Waals surface area contributed by atoms with Crippen molar-refractivity contribution in [2.45, 2.75) is 0 Å². The number of carbonyl (C=O) groups is 1. The smallest absolute Gasteiger partial charge is 0.306 e. The fraction of sp³-hybridized carbons (Fsp3) is 0.238. The summed E-state index contributed by atoms with van der Waals surface area (Å²) in [5.74, 6) is 0.596. The van der Waals surface area contributed by atoms with Crippen LogP contribution in [0.25, 0.3) is 21.5 Å². The average Bonchev–Trinajstić information content (AvgIpc) is 3.44. The highest BCUT2D eigenvalue weighted by Gasteiger charge is 2.25. The average molecular weight is 454 g/mol. The highest BCUT2D eigenvalue weighted by Crippen LogP contribution is 2.35. The Hall–Kier alpha value is -3.70. The van der Waals surface area contributed by atoms with Gasteiger partial charge in [0.05, 0.1) is 49.6 Å². The van der Waals surface area contributed by atoms with E-state index >= 15 is 0 Å². The number of morpholine rings is 1. The number of methoxy groups -OCH3 is 1. The topological polar surface area (TPSA) is 120 Å². The number of carbonyl (C=O) groups excluding carboxylic acids is 1. The fourth-order valence-electron chi connectivity index (χ4n) is 3.46. The lowest BCUT2D eigenvalue weighted by Gasteiger charge is -2.18. The van der Waals surface area contributed by atoms with E-state index < -0.39 is 0 Å². The second kappa shape index (κ2) is 8.44. The molecule has 32 heavy (non-hydrogen) atoms. The summed E-state index contributed by atoms with van der Waals surface area (Å²) in [6, 6.07) is 11.4. The van der Waals surface area contributed by atoms with Crippen LogP contribution in [0.1, 0.15) is 9.67 Å². The summed E-state index contributed by atoms with van der Waals surface area (Å²) in [4.78, 5) is 20.2. The number of anilines is 2. The van der Waals surface area contributed by atoms with Crippen LogP contribution in [0.3, 0.4) is 0 Å². The molecule has 0 radical (unpaired) electrons. The number of fused-ring (bicyclic) bond motifs is 1. The third-order valence-electron chi connectivity index (χ3n) is 5.14. The Labute approximate surface area is 187 Å². The number of ether oxygens (including phenoxy) is 2. The molecule has 11 heteroatoms. The molecule has 0 bridgehead atoms. The third-order valence-corrected chi connectivity index (χ3v) is 6.25. The van der Waals surface area contributed by atoms with Crippen molar-refractivity contribution in [1.82, 2.24) is 10.3 Å². The van der Waals surface area contributed by atoms with E-state index in [2.05, 4.69) is 10.6 Å². The normalized spacial score (nSPS) is 14.0. The SMILES string of the molecule is COc1cccc(-c2ccc3c(N)c(C(=O)Nc4c[n+](N5CCOCC5)no4)sc3n2)c1. The molecule has 1 amide bonds. The van der Waals surface area contributed by atoms with Gasteiger partial charge in [0.25, 0.3) is 12.1 Å². The number of hydrogen-bond acceptors (Lipinski definition) is 9. The van der Waals surface area contributed by atoms with E-state index in [-0.39, 0.29) is 11.8 Å². The summed E-state index contributed by atoms with van der Waals surface area (Å²) in [5.41, 5.74) is 8.33. The Morgan fingerprint density at radius 3 is 2.94 bits per heavy atom. The zero-order chi connectivity index (χ0) is 22.1. The number of aromatic nitrogens is 3. The highest BCUT2D eigenvalue weighted by atomic mass is 32.1. The lowest BCUT2D eigenvalue weighted by atomic mass is 10.1. The van der Waals surface area contributed by atoms with Crippen LogP contribution in [0.5, 0.6) is 5.75 Å². The van der Waals surface area contributed by atoms with E-state index in [1.54, 1.807) is 18.1 Å². The van der Waals surface area contributed by atoms with Crippen LogP contribution in [0.4, 0.5) is 11.6 Å². The van der Waals surface area contributed by atoms with Crippen LogP contribution in [0, 0.1) is 0 Å². The Balaban J connectivity index is 1.38. The third kappa shape index (κ3) is 3.83. The molecule has 4 heterocycles. The summed E-state index contributed by atoms with van der Waals surface area (Å²) >= 11 is 1.23. The van der Waals surface area contributed by atoms with E-state index in [9.17, 15) is 4.79 Å². The predicted molar refractivity (Wildman–Crippen MR) is 119 cm³/mol. The van der Waals surface area contributed by atoms with Gasteiger partial charge >= 0.3 is 5.88 Å². The van der Waals surface area contributed by atoms with Gasteiger partial charge in [0.1, 0.15) is 15.5 Å². The number of nitrogen functional groups attached to an aromatic ring is 1. The van der Waals surface area contributed by atoms with Crippen molar-refractivity contribution in [2.75, 3.05) is 49.5 Å². The maximum absolute atomic E-state index is 12.9. The number of rotatable bonds is 5. The highest BCUT2D eigenvalue weighted by molar-refractivity contribution is 7.21. The van der Waals surface area contributed by atoms with Crippen molar-refractivity contribution in [2.24, 2.45) is 0 Å². The van der Waals surface area contributed by atoms with Crippen molar-refractivity contribution in [3.63, 3.8) is 0 Å². The lowest BCUT2D eigenvalue weighted by molar-refractivity contribution is -0.759. The van der Waals surface area contributed by atoms with Gasteiger partial charge in [-0.3, -0.25) is 14.6 Å². The molecule has 0 aliphatic carbocycles. The number of nitrogens with two attached hydrogens (primary N) is 1. The fourth-order valence-corrected chi connectivity index (χ4v) is 4.45. The second-order valence-corrected chi connectivity index (χ2v) is 8.13. The summed E-state index contributed by atoms with van der Waals surface area (Å²) in [7, 11) is 1.62. The molecule has 0 saturated carbocycles. The van der Waals surface area contributed by atoms with Gasteiger partial charge in [0.15, 0.2) is 0 Å². The van der Waals surface area contributed by atoms with Crippen LogP contribution in [0.2, 0.25) is 0 Å². The molecule has 164 valence electrons. The number of amides is 1. The van der Waals surface area contributed by atoms with Crippen LogP contribution in [-0.4, -0.2) is 49.6 Å². The molecular formula is C21H21N6O4S+. The van der Waals surface area contributed by atoms with E-state index in [4.69, 9.17) is 24.7 Å². The number of thiophene rings is 1. The monoisotopic (exact) mass is 453 g/mol.